The molecular formula is C17H16N2O4. The molecule has 0 bridgehead atoms. The number of anilines is 1. The molecule has 1 heterocycles. The Hall–Kier alpha value is -3.02. The number of carbonyl (C=O) groups excluding carboxylic acids is 2. The second kappa shape index (κ2) is 6.39. The lowest BCUT2D eigenvalue weighted by molar-refractivity contribution is -0.136. The Morgan fingerprint density at radius 1 is 1.00 bits per heavy atom. The first-order valence-corrected chi connectivity index (χ1v) is 7.20. The van der Waals surface area contributed by atoms with Gasteiger partial charge in [0.15, 0.2) is 11.5 Å². The molecule has 0 fully saturated rings. The summed E-state index contributed by atoms with van der Waals surface area (Å²) in [5, 5.41) is 5.20. The number of hydrogen-bond donors (Lipinski definition) is 2. The van der Waals surface area contributed by atoms with Gasteiger partial charge >= 0.3 is 11.8 Å². The van der Waals surface area contributed by atoms with E-state index < -0.39 is 11.8 Å². The molecule has 6 heteroatoms. The fourth-order valence-corrected chi connectivity index (χ4v) is 2.25. The number of rotatable bonds is 3. The van der Waals surface area contributed by atoms with Gasteiger partial charge in [-0.25, -0.2) is 0 Å². The van der Waals surface area contributed by atoms with E-state index in [4.69, 9.17) is 9.47 Å². The molecule has 1 atom stereocenters. The second-order valence-corrected chi connectivity index (χ2v) is 5.13. The molecule has 1 unspecified atom stereocenters. The van der Waals surface area contributed by atoms with E-state index in [9.17, 15) is 9.59 Å². The topological polar surface area (TPSA) is 76.7 Å². The van der Waals surface area contributed by atoms with Crippen LogP contribution in [0.5, 0.6) is 11.5 Å². The van der Waals surface area contributed by atoms with Crippen LogP contribution < -0.4 is 20.1 Å². The minimum absolute atomic E-state index is 0.155. The van der Waals surface area contributed by atoms with Crippen molar-refractivity contribution < 1.29 is 19.1 Å². The summed E-state index contributed by atoms with van der Waals surface area (Å²) in [6.07, 6.45) is 0. The fourth-order valence-electron chi connectivity index (χ4n) is 2.25. The highest BCUT2D eigenvalue weighted by molar-refractivity contribution is 6.39. The summed E-state index contributed by atoms with van der Waals surface area (Å²) in [7, 11) is 0. The van der Waals surface area contributed by atoms with E-state index in [-0.39, 0.29) is 12.8 Å². The first kappa shape index (κ1) is 14.9. The van der Waals surface area contributed by atoms with Crippen LogP contribution in [0, 0.1) is 0 Å². The van der Waals surface area contributed by atoms with Gasteiger partial charge in [0.25, 0.3) is 0 Å². The molecule has 2 amide bonds. The van der Waals surface area contributed by atoms with Crippen LogP contribution in [0.3, 0.4) is 0 Å². The number of nitrogens with one attached hydrogen (secondary N) is 2. The summed E-state index contributed by atoms with van der Waals surface area (Å²) in [5.41, 5.74) is 1.40. The SMILES string of the molecule is CC(NC(=O)C(=O)Nc1ccc2c(c1)OCO2)c1ccccc1. The summed E-state index contributed by atoms with van der Waals surface area (Å²) < 4.78 is 10.4. The van der Waals surface area contributed by atoms with E-state index in [0.717, 1.165) is 5.56 Å². The number of fused-ring (bicyclic) bond motifs is 1. The first-order chi connectivity index (χ1) is 11.1. The number of benzene rings is 2. The Balaban J connectivity index is 1.60. The van der Waals surface area contributed by atoms with Gasteiger partial charge in [-0.05, 0) is 24.6 Å². The highest BCUT2D eigenvalue weighted by Crippen LogP contribution is 2.34. The molecule has 0 aromatic heterocycles. The van der Waals surface area contributed by atoms with Crippen molar-refractivity contribution in [2.75, 3.05) is 12.1 Å². The van der Waals surface area contributed by atoms with Crippen molar-refractivity contribution in [2.24, 2.45) is 0 Å². The predicted molar refractivity (Wildman–Crippen MR) is 84.2 cm³/mol. The van der Waals surface area contributed by atoms with Gasteiger partial charge in [-0.2, -0.15) is 0 Å². The van der Waals surface area contributed by atoms with E-state index in [1.54, 1.807) is 18.2 Å². The Labute approximate surface area is 133 Å². The van der Waals surface area contributed by atoms with Crippen LogP contribution in [-0.4, -0.2) is 18.6 Å². The van der Waals surface area contributed by atoms with Gasteiger partial charge in [0, 0.05) is 11.8 Å². The number of ether oxygens (including phenoxy) is 2. The van der Waals surface area contributed by atoms with E-state index in [0.29, 0.717) is 17.2 Å². The lowest BCUT2D eigenvalue weighted by atomic mass is 10.1. The highest BCUT2D eigenvalue weighted by Gasteiger charge is 2.19. The van der Waals surface area contributed by atoms with Crippen molar-refractivity contribution >= 4 is 17.5 Å². The summed E-state index contributed by atoms with van der Waals surface area (Å²) in [6, 6.07) is 14.1. The number of carbonyl (C=O) groups is 2. The summed E-state index contributed by atoms with van der Waals surface area (Å²) >= 11 is 0. The van der Waals surface area contributed by atoms with E-state index in [1.165, 1.54) is 0 Å². The minimum atomic E-state index is -0.730. The zero-order valence-electron chi connectivity index (χ0n) is 12.5. The number of hydrogen-bond acceptors (Lipinski definition) is 4. The molecule has 0 saturated heterocycles. The zero-order valence-corrected chi connectivity index (χ0v) is 12.5. The second-order valence-electron chi connectivity index (χ2n) is 5.13. The third-order valence-electron chi connectivity index (χ3n) is 3.48. The molecule has 0 spiro atoms. The summed E-state index contributed by atoms with van der Waals surface area (Å²) in [4.78, 5) is 24.0. The Kier molecular flexibility index (Phi) is 4.14. The molecule has 6 nitrogen and oxygen atoms in total. The van der Waals surface area contributed by atoms with Crippen molar-refractivity contribution in [3.05, 3.63) is 54.1 Å². The standard InChI is InChI=1S/C17H16N2O4/c1-11(12-5-3-2-4-6-12)18-16(20)17(21)19-13-7-8-14-15(9-13)23-10-22-14/h2-9,11H,10H2,1H3,(H,18,20)(H,19,21). The third-order valence-corrected chi connectivity index (χ3v) is 3.48. The zero-order chi connectivity index (χ0) is 16.2. The first-order valence-electron chi connectivity index (χ1n) is 7.20. The Bertz CT molecular complexity index is 731. The van der Waals surface area contributed by atoms with Crippen molar-refractivity contribution in [2.45, 2.75) is 13.0 Å². The van der Waals surface area contributed by atoms with Crippen LogP contribution in [0.25, 0.3) is 0 Å². The molecule has 1 aliphatic heterocycles. The van der Waals surface area contributed by atoms with Crippen LogP contribution in [0.4, 0.5) is 5.69 Å². The molecule has 1 aliphatic rings. The summed E-state index contributed by atoms with van der Waals surface area (Å²) in [6.45, 7) is 1.98. The molecule has 2 aromatic carbocycles. The fraction of sp³-hybridized carbons (Fsp3) is 0.176. The average Bonchev–Trinajstić information content (AvgIpc) is 3.03. The van der Waals surface area contributed by atoms with E-state index >= 15 is 0 Å². The van der Waals surface area contributed by atoms with Gasteiger partial charge in [-0.15, -0.1) is 0 Å². The molecular weight excluding hydrogens is 296 g/mol. The van der Waals surface area contributed by atoms with Crippen molar-refractivity contribution in [3.8, 4) is 11.5 Å². The van der Waals surface area contributed by atoms with Gasteiger partial charge in [-0.1, -0.05) is 30.3 Å². The predicted octanol–water partition coefficient (Wildman–Crippen LogP) is 2.23. The molecule has 118 valence electrons. The van der Waals surface area contributed by atoms with Crippen LogP contribution in [-0.2, 0) is 9.59 Å². The maximum Gasteiger partial charge on any atom is 0.313 e. The maximum atomic E-state index is 12.0. The largest absolute Gasteiger partial charge is 0.454 e. The van der Waals surface area contributed by atoms with Gasteiger partial charge in [0.05, 0.1) is 6.04 Å². The van der Waals surface area contributed by atoms with E-state index in [2.05, 4.69) is 10.6 Å². The molecule has 2 N–H and O–H groups in total. The average molecular weight is 312 g/mol. The molecule has 2 aromatic rings. The third kappa shape index (κ3) is 3.42. The lowest BCUT2D eigenvalue weighted by Crippen LogP contribution is -2.36. The molecule has 23 heavy (non-hydrogen) atoms. The monoisotopic (exact) mass is 312 g/mol. The maximum absolute atomic E-state index is 12.0. The molecule has 0 radical (unpaired) electrons. The van der Waals surface area contributed by atoms with Crippen LogP contribution in [0.1, 0.15) is 18.5 Å². The molecule has 3 rings (SSSR count). The van der Waals surface area contributed by atoms with E-state index in [1.807, 2.05) is 37.3 Å². The molecule has 0 aliphatic carbocycles. The van der Waals surface area contributed by atoms with Gasteiger partial charge in [0.1, 0.15) is 0 Å². The molecule has 0 saturated carbocycles. The highest BCUT2D eigenvalue weighted by atomic mass is 16.7. The van der Waals surface area contributed by atoms with Crippen molar-refractivity contribution in [1.29, 1.82) is 0 Å². The summed E-state index contributed by atoms with van der Waals surface area (Å²) in [5.74, 6) is -0.267. The number of amides is 2. The smallest absolute Gasteiger partial charge is 0.313 e. The van der Waals surface area contributed by atoms with Crippen molar-refractivity contribution in [3.63, 3.8) is 0 Å². The van der Waals surface area contributed by atoms with Crippen molar-refractivity contribution in [1.82, 2.24) is 5.32 Å². The van der Waals surface area contributed by atoms with Gasteiger partial charge < -0.3 is 20.1 Å². The van der Waals surface area contributed by atoms with Crippen LogP contribution >= 0.6 is 0 Å². The van der Waals surface area contributed by atoms with Crippen LogP contribution in [0.15, 0.2) is 48.5 Å². The quantitative estimate of drug-likeness (QED) is 0.852. The minimum Gasteiger partial charge on any atom is -0.454 e. The Morgan fingerprint density at radius 3 is 2.52 bits per heavy atom. The van der Waals surface area contributed by atoms with Crippen LogP contribution in [0.2, 0.25) is 0 Å². The van der Waals surface area contributed by atoms with Gasteiger partial charge in [0.2, 0.25) is 6.79 Å². The normalized spacial score (nSPS) is 13.3. The lowest BCUT2D eigenvalue weighted by Gasteiger charge is -2.14. The Morgan fingerprint density at radius 2 is 1.74 bits per heavy atom. The van der Waals surface area contributed by atoms with Gasteiger partial charge in [-0.3, -0.25) is 9.59 Å².